The largest absolute Gasteiger partial charge is 0.465 e. The van der Waals surface area contributed by atoms with Gasteiger partial charge in [0.2, 0.25) is 0 Å². The number of pyridine rings is 1. The topological polar surface area (TPSA) is 65.0 Å². The Morgan fingerprint density at radius 1 is 0.976 bits per heavy atom. The molecule has 41 heavy (non-hydrogen) atoms. The summed E-state index contributed by atoms with van der Waals surface area (Å²) < 4.78 is 7.62. The summed E-state index contributed by atoms with van der Waals surface area (Å²) >= 11 is 10.7. The third-order valence-corrected chi connectivity index (χ3v) is 9.44. The van der Waals surface area contributed by atoms with Crippen LogP contribution in [0.1, 0.15) is 127 Å². The van der Waals surface area contributed by atoms with Gasteiger partial charge in [0.15, 0.2) is 0 Å². The fourth-order valence-electron chi connectivity index (χ4n) is 5.59. The Hall–Kier alpha value is -1.00. The quantitative estimate of drug-likeness (QED) is 0.0343. The molecule has 0 saturated heterocycles. The van der Waals surface area contributed by atoms with E-state index in [-0.39, 0.29) is 17.8 Å². The standard InChI is InChI=1S/C33H49BrIN3O2S/c1-4-7-8-9-10-11-12-13-14-15-16-19-25(26(21-23-41)30-28(34)20-17-22-36-30)29(33(39)40-6-3)31-27(18-5-2)32(35)38-24-37-31/h13-14,17,20,22,24-26,29,41H,4-12,15-16,18-19,21,23H2,1-3H3/b14-13-. The minimum absolute atomic E-state index is 0.0201. The van der Waals surface area contributed by atoms with Crippen LogP contribution in [0.5, 0.6) is 0 Å². The highest BCUT2D eigenvalue weighted by Gasteiger charge is 2.40. The molecule has 0 aliphatic heterocycles. The van der Waals surface area contributed by atoms with E-state index in [0.29, 0.717) is 12.4 Å². The van der Waals surface area contributed by atoms with Crippen LogP contribution in [0.4, 0.5) is 0 Å². The van der Waals surface area contributed by atoms with Crippen LogP contribution in [-0.2, 0) is 16.0 Å². The highest BCUT2D eigenvalue weighted by Crippen LogP contribution is 2.44. The van der Waals surface area contributed by atoms with E-state index in [1.54, 1.807) is 6.33 Å². The molecule has 2 rings (SSSR count). The van der Waals surface area contributed by atoms with Crippen molar-refractivity contribution in [2.75, 3.05) is 12.4 Å². The maximum atomic E-state index is 13.8. The van der Waals surface area contributed by atoms with Crippen molar-refractivity contribution in [2.45, 2.75) is 116 Å². The van der Waals surface area contributed by atoms with Crippen molar-refractivity contribution in [3.05, 3.63) is 61.9 Å². The van der Waals surface area contributed by atoms with Crippen LogP contribution in [0.25, 0.3) is 0 Å². The molecule has 0 aromatic carbocycles. The number of ether oxygens (including phenoxy) is 1. The maximum Gasteiger partial charge on any atom is 0.315 e. The number of esters is 1. The number of rotatable bonds is 21. The van der Waals surface area contributed by atoms with Crippen molar-refractivity contribution < 1.29 is 9.53 Å². The average molecular weight is 759 g/mol. The van der Waals surface area contributed by atoms with Crippen molar-refractivity contribution in [1.29, 1.82) is 0 Å². The number of nitrogens with zero attached hydrogens (tertiary/aromatic N) is 3. The smallest absolute Gasteiger partial charge is 0.315 e. The molecule has 2 aromatic rings. The fraction of sp³-hybridized carbons (Fsp3) is 0.636. The second-order valence-corrected chi connectivity index (χ2v) is 12.9. The Balaban J connectivity index is 2.37. The van der Waals surface area contributed by atoms with Gasteiger partial charge < -0.3 is 4.74 Å². The van der Waals surface area contributed by atoms with Crippen LogP contribution >= 0.6 is 51.1 Å². The first-order valence-corrected chi connectivity index (χ1v) is 18.0. The van der Waals surface area contributed by atoms with E-state index in [0.717, 1.165) is 70.1 Å². The maximum absolute atomic E-state index is 13.8. The first-order chi connectivity index (χ1) is 20.0. The molecule has 5 nitrogen and oxygen atoms in total. The van der Waals surface area contributed by atoms with Crippen molar-refractivity contribution in [1.82, 2.24) is 15.0 Å². The van der Waals surface area contributed by atoms with Crippen molar-refractivity contribution in [3.63, 3.8) is 0 Å². The van der Waals surface area contributed by atoms with E-state index < -0.39 is 5.92 Å². The lowest BCUT2D eigenvalue weighted by Crippen LogP contribution is -2.31. The molecule has 2 heterocycles. The molecule has 0 fully saturated rings. The van der Waals surface area contributed by atoms with Gasteiger partial charge in [-0.2, -0.15) is 12.6 Å². The van der Waals surface area contributed by atoms with Crippen LogP contribution in [0.3, 0.4) is 0 Å². The summed E-state index contributed by atoms with van der Waals surface area (Å²) in [6.45, 7) is 6.61. The number of hydrogen-bond donors (Lipinski definition) is 1. The number of aromatic nitrogens is 3. The van der Waals surface area contributed by atoms with Gasteiger partial charge >= 0.3 is 5.97 Å². The first-order valence-electron chi connectivity index (χ1n) is 15.5. The van der Waals surface area contributed by atoms with Gasteiger partial charge in [-0.25, -0.2) is 9.97 Å². The zero-order valence-corrected chi connectivity index (χ0v) is 29.8. The zero-order valence-electron chi connectivity index (χ0n) is 25.2. The number of hydrogen-bond acceptors (Lipinski definition) is 6. The number of allylic oxidation sites excluding steroid dienone is 2. The van der Waals surface area contributed by atoms with Gasteiger partial charge in [0.05, 0.1) is 18.0 Å². The predicted octanol–water partition coefficient (Wildman–Crippen LogP) is 10.0. The molecular formula is C33H49BrIN3O2S. The van der Waals surface area contributed by atoms with Crippen LogP contribution in [0.15, 0.2) is 41.3 Å². The third-order valence-electron chi connectivity index (χ3n) is 7.58. The van der Waals surface area contributed by atoms with E-state index in [9.17, 15) is 4.79 Å². The number of carbonyl (C=O) groups excluding carboxylic acids is 1. The normalized spacial score (nSPS) is 13.8. The summed E-state index contributed by atoms with van der Waals surface area (Å²) in [5.74, 6) is -0.0356. The first kappa shape index (κ1) is 36.2. The lowest BCUT2D eigenvalue weighted by molar-refractivity contribution is -0.147. The molecule has 0 saturated carbocycles. The average Bonchev–Trinajstić information content (AvgIpc) is 2.96. The molecule has 228 valence electrons. The molecule has 0 bridgehead atoms. The summed E-state index contributed by atoms with van der Waals surface area (Å²) in [6.07, 6.45) is 22.6. The molecule has 0 N–H and O–H groups in total. The van der Waals surface area contributed by atoms with Crippen LogP contribution in [0.2, 0.25) is 0 Å². The Labute approximate surface area is 276 Å². The summed E-state index contributed by atoms with van der Waals surface area (Å²) in [6, 6.07) is 3.97. The molecule has 0 amide bonds. The third kappa shape index (κ3) is 12.3. The summed E-state index contributed by atoms with van der Waals surface area (Å²) in [5.41, 5.74) is 2.84. The van der Waals surface area contributed by atoms with Gasteiger partial charge in [-0.15, -0.1) is 0 Å². The van der Waals surface area contributed by atoms with Gasteiger partial charge in [0.25, 0.3) is 0 Å². The van der Waals surface area contributed by atoms with E-state index in [2.05, 4.69) is 82.1 Å². The number of thiol groups is 1. The molecule has 0 radical (unpaired) electrons. The number of carbonyl (C=O) groups is 1. The van der Waals surface area contributed by atoms with Crippen molar-refractivity contribution in [2.24, 2.45) is 5.92 Å². The Morgan fingerprint density at radius 2 is 1.71 bits per heavy atom. The molecule has 3 atom stereocenters. The molecule has 0 aliphatic carbocycles. The second-order valence-electron chi connectivity index (χ2n) is 10.6. The molecular weight excluding hydrogens is 709 g/mol. The zero-order chi connectivity index (χ0) is 29.9. The Bertz CT molecular complexity index is 1050. The summed E-state index contributed by atoms with van der Waals surface area (Å²) in [7, 11) is 0. The van der Waals surface area contributed by atoms with Crippen LogP contribution < -0.4 is 0 Å². The molecule has 8 heteroatoms. The summed E-state index contributed by atoms with van der Waals surface area (Å²) in [4.78, 5) is 27.9. The van der Waals surface area contributed by atoms with Crippen LogP contribution in [-0.4, -0.2) is 33.3 Å². The SMILES string of the molecule is CCCCCCCC/C=C\CCCC(C(CCS)c1ncccc1Br)C(C(=O)OCC)c1ncnc(I)c1CCC. The van der Waals surface area contributed by atoms with Gasteiger partial charge in [-0.1, -0.05) is 64.5 Å². The second kappa shape index (κ2) is 21.7. The lowest BCUT2D eigenvalue weighted by Gasteiger charge is -2.33. The van der Waals surface area contributed by atoms with E-state index in [1.807, 2.05) is 25.3 Å². The van der Waals surface area contributed by atoms with E-state index >= 15 is 0 Å². The van der Waals surface area contributed by atoms with Gasteiger partial charge in [-0.3, -0.25) is 9.78 Å². The highest BCUT2D eigenvalue weighted by molar-refractivity contribution is 14.1. The molecule has 3 unspecified atom stereocenters. The summed E-state index contributed by atoms with van der Waals surface area (Å²) in [5, 5.41) is 0. The van der Waals surface area contributed by atoms with Crippen LogP contribution in [0, 0.1) is 9.62 Å². The fourth-order valence-corrected chi connectivity index (χ4v) is 7.08. The Kier molecular flexibility index (Phi) is 19.1. The molecule has 0 spiro atoms. The number of unbranched alkanes of at least 4 members (excludes halogenated alkanes) is 7. The van der Waals surface area contributed by atoms with Crippen molar-refractivity contribution >= 4 is 57.1 Å². The predicted molar refractivity (Wildman–Crippen MR) is 186 cm³/mol. The highest BCUT2D eigenvalue weighted by atomic mass is 127. The lowest BCUT2D eigenvalue weighted by atomic mass is 9.73. The van der Waals surface area contributed by atoms with Gasteiger partial charge in [0, 0.05) is 22.2 Å². The molecule has 2 aromatic heterocycles. The van der Waals surface area contributed by atoms with Gasteiger partial charge in [0.1, 0.15) is 15.9 Å². The monoisotopic (exact) mass is 757 g/mol. The van der Waals surface area contributed by atoms with E-state index in [1.165, 1.54) is 38.5 Å². The van der Waals surface area contributed by atoms with Crippen molar-refractivity contribution in [3.8, 4) is 0 Å². The minimum atomic E-state index is -0.501. The number of halogens is 2. The van der Waals surface area contributed by atoms with Gasteiger partial charge in [-0.05, 0) is 114 Å². The molecule has 0 aliphatic rings. The minimum Gasteiger partial charge on any atom is -0.465 e. The Morgan fingerprint density at radius 3 is 2.39 bits per heavy atom. The van der Waals surface area contributed by atoms with E-state index in [4.69, 9.17) is 14.7 Å².